The van der Waals surface area contributed by atoms with Gasteiger partial charge in [0.2, 0.25) is 0 Å². The fraction of sp³-hybridized carbons (Fsp3) is 0.367. The Hall–Kier alpha value is -4.16. The lowest BCUT2D eigenvalue weighted by molar-refractivity contribution is 0.0828. The van der Waals surface area contributed by atoms with Gasteiger partial charge in [0.25, 0.3) is 0 Å². The number of carbonyl (C=O) groups excluding carboxylic acids is 1. The fourth-order valence-electron chi connectivity index (χ4n) is 6.14. The molecule has 12 heteroatoms. The maximum atomic E-state index is 15.2. The van der Waals surface area contributed by atoms with Crippen LogP contribution in [0.1, 0.15) is 31.7 Å². The van der Waals surface area contributed by atoms with Crippen molar-refractivity contribution < 1.29 is 18.0 Å². The number of amides is 2. The van der Waals surface area contributed by atoms with Gasteiger partial charge in [-0.2, -0.15) is 0 Å². The van der Waals surface area contributed by atoms with E-state index in [4.69, 9.17) is 5.73 Å². The van der Waals surface area contributed by atoms with Gasteiger partial charge in [0.05, 0.1) is 16.8 Å². The lowest BCUT2D eigenvalue weighted by Crippen LogP contribution is -2.49. The molecule has 6 rings (SSSR count). The first-order chi connectivity index (χ1) is 20.3. The summed E-state index contributed by atoms with van der Waals surface area (Å²) in [5.74, 6) is -2.09. The van der Waals surface area contributed by atoms with Crippen molar-refractivity contribution in [1.29, 1.82) is 0 Å². The Kier molecular flexibility index (Phi) is 7.74. The summed E-state index contributed by atoms with van der Waals surface area (Å²) in [6.45, 7) is 4.41. The Morgan fingerprint density at radius 2 is 1.52 bits per heavy atom. The van der Waals surface area contributed by atoms with Crippen LogP contribution in [0.2, 0.25) is 0 Å². The van der Waals surface area contributed by atoms with Gasteiger partial charge >= 0.3 is 6.03 Å². The molecule has 220 valence electrons. The predicted molar refractivity (Wildman–Crippen MR) is 157 cm³/mol. The molecule has 9 nitrogen and oxygen atoms in total. The molecule has 1 aliphatic heterocycles. The number of likely N-dealkylation sites (N-methyl/N-ethyl adjacent to an activating group) is 1. The number of aromatic nitrogens is 3. The number of nitrogens with one attached hydrogen (secondary N) is 2. The van der Waals surface area contributed by atoms with Crippen molar-refractivity contribution in [3.8, 4) is 11.1 Å². The first-order valence-electron chi connectivity index (χ1n) is 14.1. The van der Waals surface area contributed by atoms with Gasteiger partial charge in [-0.05, 0) is 62.6 Å². The second kappa shape index (κ2) is 11.6. The molecule has 2 fully saturated rings. The first-order valence-corrected chi connectivity index (χ1v) is 14.1. The number of hydrogen-bond acceptors (Lipinski definition) is 6. The number of nitrogen functional groups attached to an aromatic ring is 1. The molecule has 2 amide bonds. The van der Waals surface area contributed by atoms with E-state index in [1.807, 2.05) is 6.20 Å². The van der Waals surface area contributed by atoms with Crippen LogP contribution < -0.4 is 16.4 Å². The Balaban J connectivity index is 1.21. The zero-order chi connectivity index (χ0) is 29.4. The molecular formula is C30H33F3N8O. The first kappa shape index (κ1) is 28.0. The number of anilines is 3. The van der Waals surface area contributed by atoms with E-state index in [2.05, 4.69) is 42.0 Å². The molecule has 1 aliphatic carbocycles. The van der Waals surface area contributed by atoms with Crippen LogP contribution >= 0.6 is 0 Å². The van der Waals surface area contributed by atoms with Crippen molar-refractivity contribution in [3.05, 3.63) is 66.4 Å². The molecule has 2 aromatic carbocycles. The number of carbonyl (C=O) groups is 1. The molecule has 3 heterocycles. The average Bonchev–Trinajstić information content (AvgIpc) is 3.37. The number of piperazine rings is 1. The van der Waals surface area contributed by atoms with Crippen LogP contribution in [0.5, 0.6) is 0 Å². The highest BCUT2D eigenvalue weighted by atomic mass is 19.1. The molecule has 4 N–H and O–H groups in total. The largest absolute Gasteiger partial charge is 0.383 e. The standard InChI is InChI=1S/C30H33F3N8O/c1-39-10-12-40(13-11-39)20-4-6-21(7-5-20)41-16-22(27-28(34)35-17-36-29(27)41)18-2-8-25(23(32)14-18)37-30(42)38-26-9-3-19(31)15-24(26)33/h2-3,8-9,14-17,20-21H,4-7,10-13H2,1H3,(H2,34,35,36)(H2,37,38,42)/t20-,21+. The van der Waals surface area contributed by atoms with Crippen molar-refractivity contribution in [2.45, 2.75) is 37.8 Å². The van der Waals surface area contributed by atoms with E-state index in [1.165, 1.54) is 18.5 Å². The van der Waals surface area contributed by atoms with Crippen molar-refractivity contribution in [2.24, 2.45) is 0 Å². The third kappa shape index (κ3) is 5.64. The monoisotopic (exact) mass is 578 g/mol. The number of rotatable bonds is 5. The molecule has 0 radical (unpaired) electrons. The number of nitrogens with zero attached hydrogens (tertiary/aromatic N) is 5. The van der Waals surface area contributed by atoms with E-state index in [9.17, 15) is 13.6 Å². The summed E-state index contributed by atoms with van der Waals surface area (Å²) in [5.41, 5.74) is 7.94. The topological polar surface area (TPSA) is 104 Å². The van der Waals surface area contributed by atoms with Gasteiger partial charge in [-0.25, -0.2) is 27.9 Å². The van der Waals surface area contributed by atoms with E-state index in [0.29, 0.717) is 40.1 Å². The molecule has 42 heavy (non-hydrogen) atoms. The molecule has 0 unspecified atom stereocenters. The van der Waals surface area contributed by atoms with Crippen molar-refractivity contribution in [2.75, 3.05) is 49.6 Å². The van der Waals surface area contributed by atoms with Gasteiger partial charge in [0, 0.05) is 56.1 Å². The molecule has 1 saturated heterocycles. The summed E-state index contributed by atoms with van der Waals surface area (Å²) < 4.78 is 44.4. The number of benzene rings is 2. The Morgan fingerprint density at radius 3 is 2.19 bits per heavy atom. The third-order valence-corrected chi connectivity index (χ3v) is 8.46. The zero-order valence-corrected chi connectivity index (χ0v) is 23.3. The second-order valence-corrected chi connectivity index (χ2v) is 11.1. The summed E-state index contributed by atoms with van der Waals surface area (Å²) in [4.78, 5) is 26.1. The minimum atomic E-state index is -0.940. The lowest BCUT2D eigenvalue weighted by atomic mass is 9.89. The summed E-state index contributed by atoms with van der Waals surface area (Å²) >= 11 is 0. The van der Waals surface area contributed by atoms with Gasteiger partial charge in [-0.15, -0.1) is 0 Å². The summed E-state index contributed by atoms with van der Waals surface area (Å²) in [6.07, 6.45) is 7.63. The van der Waals surface area contributed by atoms with Crippen molar-refractivity contribution in [3.63, 3.8) is 0 Å². The van der Waals surface area contributed by atoms with Crippen LogP contribution in [-0.4, -0.2) is 69.6 Å². The predicted octanol–water partition coefficient (Wildman–Crippen LogP) is 5.47. The SMILES string of the molecule is CN1CCN([C@H]2CC[C@@H](n3cc(-c4ccc(NC(=O)Nc5ccc(F)cc5F)c(F)c4)c4c(N)ncnc43)CC2)CC1. The number of fused-ring (bicyclic) bond motifs is 1. The van der Waals surface area contributed by atoms with Gasteiger partial charge in [0.15, 0.2) is 0 Å². The van der Waals surface area contributed by atoms with Crippen LogP contribution in [0, 0.1) is 17.5 Å². The van der Waals surface area contributed by atoms with Crippen LogP contribution in [0.25, 0.3) is 22.2 Å². The smallest absolute Gasteiger partial charge is 0.323 e. The maximum absolute atomic E-state index is 15.2. The Labute approximate surface area is 241 Å². The molecule has 4 aromatic rings. The molecule has 2 aliphatic rings. The number of halogens is 3. The molecule has 1 saturated carbocycles. The minimum Gasteiger partial charge on any atom is -0.383 e. The quantitative estimate of drug-likeness (QED) is 0.290. The van der Waals surface area contributed by atoms with Crippen LogP contribution in [0.4, 0.5) is 35.2 Å². The third-order valence-electron chi connectivity index (χ3n) is 8.46. The Morgan fingerprint density at radius 1 is 0.881 bits per heavy atom. The average molecular weight is 579 g/mol. The summed E-state index contributed by atoms with van der Waals surface area (Å²) in [6, 6.07) is 7.11. The fourth-order valence-corrected chi connectivity index (χ4v) is 6.14. The van der Waals surface area contributed by atoms with Crippen molar-refractivity contribution >= 4 is 34.3 Å². The minimum absolute atomic E-state index is 0.103. The zero-order valence-electron chi connectivity index (χ0n) is 23.3. The van der Waals surface area contributed by atoms with E-state index < -0.39 is 23.5 Å². The number of urea groups is 1. The van der Waals surface area contributed by atoms with Crippen LogP contribution in [0.3, 0.4) is 0 Å². The van der Waals surface area contributed by atoms with Gasteiger partial charge in [-0.1, -0.05) is 6.07 Å². The molecule has 0 spiro atoms. The van der Waals surface area contributed by atoms with Gasteiger partial charge in [-0.3, -0.25) is 4.90 Å². The van der Waals surface area contributed by atoms with E-state index in [-0.39, 0.29) is 17.4 Å². The van der Waals surface area contributed by atoms with Gasteiger partial charge < -0.3 is 25.8 Å². The molecule has 0 bridgehead atoms. The van der Waals surface area contributed by atoms with E-state index >= 15 is 4.39 Å². The second-order valence-electron chi connectivity index (χ2n) is 11.1. The molecule has 2 aromatic heterocycles. The molecule has 0 atom stereocenters. The normalized spacial score (nSPS) is 20.1. The summed E-state index contributed by atoms with van der Waals surface area (Å²) in [5, 5.41) is 5.28. The van der Waals surface area contributed by atoms with E-state index in [0.717, 1.165) is 64.0 Å². The molecular weight excluding hydrogens is 545 g/mol. The highest BCUT2D eigenvalue weighted by Gasteiger charge is 2.30. The number of nitrogens with two attached hydrogens (primary N) is 1. The van der Waals surface area contributed by atoms with E-state index in [1.54, 1.807) is 6.07 Å². The Bertz CT molecular complexity index is 1610. The van der Waals surface area contributed by atoms with Crippen molar-refractivity contribution in [1.82, 2.24) is 24.3 Å². The maximum Gasteiger partial charge on any atom is 0.323 e. The lowest BCUT2D eigenvalue weighted by Gasteiger charge is -2.41. The highest BCUT2D eigenvalue weighted by Crippen LogP contribution is 2.39. The van der Waals surface area contributed by atoms with Crippen LogP contribution in [-0.2, 0) is 0 Å². The van der Waals surface area contributed by atoms with Crippen LogP contribution in [0.15, 0.2) is 48.9 Å². The highest BCUT2D eigenvalue weighted by molar-refractivity contribution is 6.02. The number of hydrogen-bond donors (Lipinski definition) is 3. The summed E-state index contributed by atoms with van der Waals surface area (Å²) in [7, 11) is 2.17. The van der Waals surface area contributed by atoms with Gasteiger partial charge in [0.1, 0.15) is 35.2 Å².